The molecule has 130 valence electrons. The average molecular weight is 355 g/mol. The summed E-state index contributed by atoms with van der Waals surface area (Å²) in [6.07, 6.45) is 4.12. The number of benzene rings is 2. The predicted octanol–water partition coefficient (Wildman–Crippen LogP) is 3.13. The molecule has 1 N–H and O–H groups in total. The van der Waals surface area contributed by atoms with Crippen molar-refractivity contribution in [3.8, 4) is 0 Å². The molecular weight excluding hydrogens is 330 g/mol. The topological polar surface area (TPSA) is 20.0 Å². The summed E-state index contributed by atoms with van der Waals surface area (Å²) in [7, 11) is 0. The van der Waals surface area contributed by atoms with Gasteiger partial charge in [-0.2, -0.15) is 5.10 Å². The minimum Gasteiger partial charge on any atom is -0.328 e. The van der Waals surface area contributed by atoms with Crippen molar-refractivity contribution in [1.29, 1.82) is 0 Å². The second-order valence-corrected chi connectivity index (χ2v) is 6.92. The Hall–Kier alpha value is -2.10. The highest BCUT2D eigenvalue weighted by atomic mass is 35.5. The van der Waals surface area contributed by atoms with Crippen molar-refractivity contribution in [3.63, 3.8) is 0 Å². The summed E-state index contributed by atoms with van der Waals surface area (Å²) >= 11 is 6.27. The molecule has 0 aliphatic carbocycles. The van der Waals surface area contributed by atoms with Crippen molar-refractivity contribution in [2.45, 2.75) is 13.5 Å². The number of piperazine rings is 1. The third-order valence-corrected chi connectivity index (χ3v) is 4.83. The lowest BCUT2D eigenvalue weighted by Crippen LogP contribution is -3.13. The van der Waals surface area contributed by atoms with Gasteiger partial charge in [-0.05, 0) is 24.1 Å². The van der Waals surface area contributed by atoms with Crippen LogP contribution < -0.4 is 4.90 Å². The number of rotatable bonds is 5. The second-order valence-electron chi connectivity index (χ2n) is 6.52. The van der Waals surface area contributed by atoms with Gasteiger partial charge in [-0.25, -0.2) is 0 Å². The van der Waals surface area contributed by atoms with Crippen LogP contribution in [0.5, 0.6) is 0 Å². The molecule has 3 nitrogen and oxygen atoms in total. The van der Waals surface area contributed by atoms with Crippen LogP contribution in [0.3, 0.4) is 0 Å². The van der Waals surface area contributed by atoms with E-state index in [9.17, 15) is 0 Å². The highest BCUT2D eigenvalue weighted by Crippen LogP contribution is 2.13. The SMILES string of the molecule is CC(/C=N/N1CC[NH+](Cc2ccccc2Cl)CC1)=C\c1ccccc1. The molecule has 4 heteroatoms. The van der Waals surface area contributed by atoms with Gasteiger partial charge in [-0.3, -0.25) is 5.01 Å². The Morgan fingerprint density at radius 3 is 2.48 bits per heavy atom. The largest absolute Gasteiger partial charge is 0.328 e. The van der Waals surface area contributed by atoms with Crippen molar-refractivity contribution in [1.82, 2.24) is 5.01 Å². The summed E-state index contributed by atoms with van der Waals surface area (Å²) in [6, 6.07) is 18.5. The summed E-state index contributed by atoms with van der Waals surface area (Å²) in [5.74, 6) is 0. The maximum atomic E-state index is 6.27. The van der Waals surface area contributed by atoms with Crippen molar-refractivity contribution in [3.05, 3.63) is 76.3 Å². The molecule has 1 aliphatic rings. The number of nitrogens with zero attached hydrogens (tertiary/aromatic N) is 2. The fourth-order valence-electron chi connectivity index (χ4n) is 3.04. The molecule has 0 spiro atoms. The summed E-state index contributed by atoms with van der Waals surface area (Å²) < 4.78 is 0. The molecule has 25 heavy (non-hydrogen) atoms. The van der Waals surface area contributed by atoms with E-state index in [2.05, 4.69) is 59.5 Å². The first-order chi connectivity index (χ1) is 12.2. The van der Waals surface area contributed by atoms with E-state index in [-0.39, 0.29) is 0 Å². The fourth-order valence-corrected chi connectivity index (χ4v) is 3.24. The number of hydrogen-bond donors (Lipinski definition) is 1. The number of hydrogen-bond acceptors (Lipinski definition) is 2. The van der Waals surface area contributed by atoms with Gasteiger partial charge in [0.15, 0.2) is 0 Å². The number of nitrogens with one attached hydrogen (secondary N) is 1. The normalized spacial score (nSPS) is 16.6. The number of hydrazone groups is 1. The Kier molecular flexibility index (Phi) is 6.26. The molecule has 1 heterocycles. The molecule has 1 aliphatic heterocycles. The smallest absolute Gasteiger partial charge is 0.104 e. The van der Waals surface area contributed by atoms with E-state index in [4.69, 9.17) is 11.6 Å². The van der Waals surface area contributed by atoms with E-state index < -0.39 is 0 Å². The Bertz CT molecular complexity index is 732. The van der Waals surface area contributed by atoms with Crippen LogP contribution in [0.1, 0.15) is 18.1 Å². The number of allylic oxidation sites excluding steroid dienone is 1. The standard InChI is InChI=1S/C21H24ClN3/c1-18(15-19-7-3-2-4-8-19)16-23-25-13-11-24(12-14-25)17-20-9-5-6-10-21(20)22/h2-10,15-16H,11-14,17H2,1H3/p+1/b18-15+,23-16+. The van der Waals surface area contributed by atoms with Crippen LogP contribution >= 0.6 is 11.6 Å². The van der Waals surface area contributed by atoms with Crippen LogP contribution in [0.4, 0.5) is 0 Å². The molecule has 0 amide bonds. The van der Waals surface area contributed by atoms with Crippen LogP contribution in [0, 0.1) is 0 Å². The highest BCUT2D eigenvalue weighted by molar-refractivity contribution is 6.31. The lowest BCUT2D eigenvalue weighted by atomic mass is 10.1. The molecule has 1 saturated heterocycles. The van der Waals surface area contributed by atoms with Crippen LogP contribution in [0.25, 0.3) is 6.08 Å². The van der Waals surface area contributed by atoms with Gasteiger partial charge < -0.3 is 4.90 Å². The third kappa shape index (κ3) is 5.45. The Balaban J connectivity index is 1.49. The van der Waals surface area contributed by atoms with E-state index in [0.29, 0.717) is 0 Å². The zero-order chi connectivity index (χ0) is 17.5. The zero-order valence-electron chi connectivity index (χ0n) is 14.7. The maximum absolute atomic E-state index is 6.27. The average Bonchev–Trinajstić information content (AvgIpc) is 2.64. The maximum Gasteiger partial charge on any atom is 0.104 e. The first kappa shape index (κ1) is 17.7. The molecule has 0 unspecified atom stereocenters. The van der Waals surface area contributed by atoms with Gasteiger partial charge in [0.1, 0.15) is 6.54 Å². The summed E-state index contributed by atoms with van der Waals surface area (Å²) in [6.45, 7) is 7.22. The first-order valence-electron chi connectivity index (χ1n) is 8.80. The first-order valence-corrected chi connectivity index (χ1v) is 9.18. The third-order valence-electron chi connectivity index (χ3n) is 4.46. The van der Waals surface area contributed by atoms with Crippen molar-refractivity contribution in [2.75, 3.05) is 26.2 Å². The van der Waals surface area contributed by atoms with Gasteiger partial charge in [-0.1, -0.05) is 66.2 Å². The Labute approximate surface area is 155 Å². The van der Waals surface area contributed by atoms with E-state index in [1.54, 1.807) is 4.90 Å². The lowest BCUT2D eigenvalue weighted by molar-refractivity contribution is -0.918. The van der Waals surface area contributed by atoms with E-state index in [0.717, 1.165) is 43.3 Å². The van der Waals surface area contributed by atoms with Gasteiger partial charge in [0, 0.05) is 16.8 Å². The van der Waals surface area contributed by atoms with Crippen LogP contribution in [0.2, 0.25) is 5.02 Å². The summed E-state index contributed by atoms with van der Waals surface area (Å²) in [4.78, 5) is 1.57. The highest BCUT2D eigenvalue weighted by Gasteiger charge is 2.19. The molecular formula is C21H25ClN3+. The fraction of sp³-hybridized carbons (Fsp3) is 0.286. The predicted molar refractivity (Wildman–Crippen MR) is 106 cm³/mol. The molecule has 0 aromatic heterocycles. The molecule has 0 saturated carbocycles. The minimum absolute atomic E-state index is 0.872. The Morgan fingerprint density at radius 1 is 1.08 bits per heavy atom. The van der Waals surface area contributed by atoms with Crippen LogP contribution in [-0.4, -0.2) is 37.4 Å². The van der Waals surface area contributed by atoms with Gasteiger partial charge in [-0.15, -0.1) is 0 Å². The van der Waals surface area contributed by atoms with E-state index >= 15 is 0 Å². The lowest BCUT2D eigenvalue weighted by Gasteiger charge is -2.30. The van der Waals surface area contributed by atoms with Gasteiger partial charge in [0.05, 0.1) is 26.2 Å². The van der Waals surface area contributed by atoms with Crippen molar-refractivity contribution >= 4 is 23.9 Å². The molecule has 0 radical (unpaired) electrons. The Morgan fingerprint density at radius 2 is 1.76 bits per heavy atom. The van der Waals surface area contributed by atoms with Crippen LogP contribution in [0.15, 0.2) is 65.3 Å². The van der Waals surface area contributed by atoms with E-state index in [1.807, 2.05) is 24.4 Å². The number of quaternary nitrogens is 1. The van der Waals surface area contributed by atoms with Gasteiger partial charge in [0.2, 0.25) is 0 Å². The quantitative estimate of drug-likeness (QED) is 0.818. The van der Waals surface area contributed by atoms with Crippen molar-refractivity contribution in [2.24, 2.45) is 5.10 Å². The molecule has 2 aromatic carbocycles. The molecule has 2 aromatic rings. The second kappa shape index (κ2) is 8.84. The van der Waals surface area contributed by atoms with Crippen molar-refractivity contribution < 1.29 is 4.90 Å². The van der Waals surface area contributed by atoms with Crippen LogP contribution in [-0.2, 0) is 6.54 Å². The molecule has 1 fully saturated rings. The minimum atomic E-state index is 0.872. The van der Waals surface area contributed by atoms with E-state index in [1.165, 1.54) is 11.1 Å². The molecule has 0 bridgehead atoms. The number of halogens is 1. The molecule has 0 atom stereocenters. The summed E-state index contributed by atoms with van der Waals surface area (Å²) in [5.41, 5.74) is 3.61. The summed E-state index contributed by atoms with van der Waals surface area (Å²) in [5, 5.41) is 7.68. The van der Waals surface area contributed by atoms with Gasteiger partial charge in [0.25, 0.3) is 0 Å². The molecule has 3 rings (SSSR count). The zero-order valence-corrected chi connectivity index (χ0v) is 15.4. The monoisotopic (exact) mass is 354 g/mol. The van der Waals surface area contributed by atoms with Gasteiger partial charge >= 0.3 is 0 Å².